The van der Waals surface area contributed by atoms with Crippen LogP contribution in [0.5, 0.6) is 0 Å². The van der Waals surface area contributed by atoms with Crippen LogP contribution in [0.2, 0.25) is 0 Å². The zero-order valence-electron chi connectivity index (χ0n) is 20.0. The summed E-state index contributed by atoms with van der Waals surface area (Å²) in [5.74, 6) is 0.995. The van der Waals surface area contributed by atoms with E-state index < -0.39 is 0 Å². The summed E-state index contributed by atoms with van der Waals surface area (Å²) in [4.78, 5) is 12.6. The van der Waals surface area contributed by atoms with E-state index in [0.717, 1.165) is 51.6 Å². The first-order valence-corrected chi connectivity index (χ1v) is 12.4. The number of likely N-dealkylation sites (N-methyl/N-ethyl adjacent to an activating group) is 1. The van der Waals surface area contributed by atoms with Crippen LogP contribution in [-0.2, 0) is 0 Å². The van der Waals surface area contributed by atoms with E-state index in [4.69, 9.17) is 4.99 Å². The van der Waals surface area contributed by atoms with Gasteiger partial charge < -0.3 is 20.4 Å². The van der Waals surface area contributed by atoms with Gasteiger partial charge in [-0.2, -0.15) is 0 Å². The van der Waals surface area contributed by atoms with E-state index in [0.29, 0.717) is 12.1 Å². The molecule has 2 heterocycles. The Kier molecular flexibility index (Phi) is 10.1. The van der Waals surface area contributed by atoms with Crippen molar-refractivity contribution in [2.24, 2.45) is 4.99 Å². The van der Waals surface area contributed by atoms with E-state index >= 15 is 0 Å². The van der Waals surface area contributed by atoms with Crippen molar-refractivity contribution in [3.8, 4) is 0 Å². The molecule has 1 unspecified atom stereocenters. The Morgan fingerprint density at radius 3 is 2.52 bits per heavy atom. The third kappa shape index (κ3) is 7.78. The van der Waals surface area contributed by atoms with E-state index in [1.807, 2.05) is 0 Å². The van der Waals surface area contributed by atoms with Gasteiger partial charge in [0.2, 0.25) is 0 Å². The summed E-state index contributed by atoms with van der Waals surface area (Å²) in [5, 5.41) is 7.14. The lowest BCUT2D eigenvalue weighted by Gasteiger charge is -2.40. The van der Waals surface area contributed by atoms with Gasteiger partial charge in [-0.1, -0.05) is 37.3 Å². The molecule has 6 nitrogen and oxygen atoms in total. The lowest BCUT2D eigenvalue weighted by atomic mass is 10.0. The molecule has 2 fully saturated rings. The van der Waals surface area contributed by atoms with E-state index in [-0.39, 0.29) is 0 Å². The van der Waals surface area contributed by atoms with Gasteiger partial charge in [-0.05, 0) is 51.8 Å². The quantitative estimate of drug-likeness (QED) is 0.360. The largest absolute Gasteiger partial charge is 0.357 e. The summed E-state index contributed by atoms with van der Waals surface area (Å²) < 4.78 is 0. The monoisotopic (exact) mass is 428 g/mol. The van der Waals surface area contributed by atoms with Crippen LogP contribution in [0.3, 0.4) is 0 Å². The predicted molar refractivity (Wildman–Crippen MR) is 132 cm³/mol. The highest BCUT2D eigenvalue weighted by molar-refractivity contribution is 5.80. The first-order chi connectivity index (χ1) is 15.2. The van der Waals surface area contributed by atoms with Crippen molar-refractivity contribution in [1.29, 1.82) is 0 Å². The molecule has 0 amide bonds. The Labute approximate surface area is 190 Å². The SMILES string of the molecule is CCCN1CCC(NC(=NCCCN2CCN(C)CC2c2ccccc2)NCC)CC1. The molecule has 174 valence electrons. The van der Waals surface area contributed by atoms with Crippen molar-refractivity contribution in [2.45, 2.75) is 51.6 Å². The minimum atomic E-state index is 0.489. The highest BCUT2D eigenvalue weighted by atomic mass is 15.3. The fourth-order valence-corrected chi connectivity index (χ4v) is 4.81. The Morgan fingerprint density at radius 2 is 1.81 bits per heavy atom. The minimum absolute atomic E-state index is 0.489. The molecule has 2 saturated heterocycles. The molecule has 0 aromatic heterocycles. The second-order valence-electron chi connectivity index (χ2n) is 9.10. The molecule has 0 aliphatic carbocycles. The topological polar surface area (TPSA) is 46.1 Å². The molecule has 2 aliphatic heterocycles. The highest BCUT2D eigenvalue weighted by Gasteiger charge is 2.26. The lowest BCUT2D eigenvalue weighted by Crippen LogP contribution is -2.49. The number of piperidine rings is 1. The summed E-state index contributed by atoms with van der Waals surface area (Å²) in [6.07, 6.45) is 4.77. The third-order valence-electron chi connectivity index (χ3n) is 6.56. The van der Waals surface area contributed by atoms with Crippen molar-refractivity contribution >= 4 is 5.96 Å². The van der Waals surface area contributed by atoms with Crippen molar-refractivity contribution in [3.63, 3.8) is 0 Å². The molecule has 1 atom stereocenters. The lowest BCUT2D eigenvalue weighted by molar-refractivity contribution is 0.0894. The summed E-state index contributed by atoms with van der Waals surface area (Å²) >= 11 is 0. The van der Waals surface area contributed by atoms with Crippen molar-refractivity contribution in [2.75, 3.05) is 66.0 Å². The van der Waals surface area contributed by atoms with Gasteiger partial charge in [-0.25, -0.2) is 0 Å². The van der Waals surface area contributed by atoms with Crippen molar-refractivity contribution in [3.05, 3.63) is 35.9 Å². The number of benzene rings is 1. The number of hydrogen-bond acceptors (Lipinski definition) is 4. The number of piperazine rings is 1. The summed E-state index contributed by atoms with van der Waals surface area (Å²) in [6, 6.07) is 12.0. The molecule has 0 saturated carbocycles. The fraction of sp³-hybridized carbons (Fsp3) is 0.720. The van der Waals surface area contributed by atoms with Crippen LogP contribution in [0.25, 0.3) is 0 Å². The molecule has 2 aliphatic rings. The van der Waals surface area contributed by atoms with Gasteiger partial charge in [0.15, 0.2) is 5.96 Å². The smallest absolute Gasteiger partial charge is 0.191 e. The van der Waals surface area contributed by atoms with Gasteiger partial charge in [0.1, 0.15) is 0 Å². The van der Waals surface area contributed by atoms with Crippen LogP contribution in [0.4, 0.5) is 0 Å². The van der Waals surface area contributed by atoms with Crippen LogP contribution in [0.1, 0.15) is 51.1 Å². The Morgan fingerprint density at radius 1 is 1.03 bits per heavy atom. The maximum Gasteiger partial charge on any atom is 0.191 e. The van der Waals surface area contributed by atoms with Crippen molar-refractivity contribution < 1.29 is 0 Å². The number of nitrogens with one attached hydrogen (secondary N) is 2. The zero-order valence-corrected chi connectivity index (χ0v) is 20.0. The maximum absolute atomic E-state index is 4.90. The molecular weight excluding hydrogens is 384 g/mol. The number of guanidine groups is 1. The molecule has 0 bridgehead atoms. The van der Waals surface area contributed by atoms with Gasteiger partial charge in [-0.15, -0.1) is 0 Å². The fourth-order valence-electron chi connectivity index (χ4n) is 4.81. The highest BCUT2D eigenvalue weighted by Crippen LogP contribution is 2.24. The molecule has 2 N–H and O–H groups in total. The standard InChI is InChI=1S/C25H44N6/c1-4-15-30-17-12-23(13-18-30)28-25(26-5-2)27-14-9-16-31-20-19-29(3)21-24(31)22-10-7-6-8-11-22/h6-8,10-11,23-24H,4-5,9,12-21H2,1-3H3,(H2,26,27,28). The van der Waals surface area contributed by atoms with Crippen LogP contribution >= 0.6 is 0 Å². The Balaban J connectivity index is 1.47. The maximum atomic E-state index is 4.90. The summed E-state index contributed by atoms with van der Waals surface area (Å²) in [6.45, 7) is 14.3. The molecule has 3 rings (SSSR count). The molecule has 1 aromatic carbocycles. The van der Waals surface area contributed by atoms with Crippen LogP contribution in [0.15, 0.2) is 35.3 Å². The first kappa shape index (κ1) is 24.0. The Hall–Kier alpha value is -1.63. The first-order valence-electron chi connectivity index (χ1n) is 12.4. The van der Waals surface area contributed by atoms with Crippen LogP contribution < -0.4 is 10.6 Å². The molecule has 0 radical (unpaired) electrons. The predicted octanol–water partition coefficient (Wildman–Crippen LogP) is 2.79. The minimum Gasteiger partial charge on any atom is -0.357 e. The van der Waals surface area contributed by atoms with E-state index in [9.17, 15) is 0 Å². The number of nitrogens with zero attached hydrogens (tertiary/aromatic N) is 4. The molecule has 6 heteroatoms. The average Bonchev–Trinajstić information content (AvgIpc) is 2.79. The molecule has 0 spiro atoms. The van der Waals surface area contributed by atoms with E-state index in [1.165, 1.54) is 44.5 Å². The van der Waals surface area contributed by atoms with Gasteiger partial charge in [0.25, 0.3) is 0 Å². The zero-order chi connectivity index (χ0) is 21.9. The number of hydrogen-bond donors (Lipinski definition) is 2. The van der Waals surface area contributed by atoms with Gasteiger partial charge in [-0.3, -0.25) is 9.89 Å². The third-order valence-corrected chi connectivity index (χ3v) is 6.56. The van der Waals surface area contributed by atoms with E-state index in [1.54, 1.807) is 0 Å². The summed E-state index contributed by atoms with van der Waals surface area (Å²) in [7, 11) is 2.23. The van der Waals surface area contributed by atoms with Gasteiger partial charge >= 0.3 is 0 Å². The summed E-state index contributed by atoms with van der Waals surface area (Å²) in [5.41, 5.74) is 1.43. The second-order valence-corrected chi connectivity index (χ2v) is 9.10. The molecular formula is C25H44N6. The Bertz CT molecular complexity index is 641. The van der Waals surface area contributed by atoms with Gasteiger partial charge in [0.05, 0.1) is 0 Å². The van der Waals surface area contributed by atoms with Gasteiger partial charge in [0, 0.05) is 64.4 Å². The van der Waals surface area contributed by atoms with E-state index in [2.05, 4.69) is 76.6 Å². The molecule has 1 aromatic rings. The number of aliphatic imine (C=N–C) groups is 1. The van der Waals surface area contributed by atoms with Crippen LogP contribution in [-0.4, -0.2) is 92.7 Å². The van der Waals surface area contributed by atoms with Crippen molar-refractivity contribution in [1.82, 2.24) is 25.3 Å². The second kappa shape index (κ2) is 13.0. The number of likely N-dealkylation sites (tertiary alicyclic amines) is 1. The normalized spacial score (nSPS) is 22.5. The average molecular weight is 429 g/mol. The number of rotatable bonds is 9. The molecule has 31 heavy (non-hydrogen) atoms. The van der Waals surface area contributed by atoms with Crippen LogP contribution in [0, 0.1) is 0 Å².